The first-order valence-corrected chi connectivity index (χ1v) is 7.70. The Kier molecular flexibility index (Phi) is 5.96. The number of halogens is 3. The molecule has 0 saturated heterocycles. The van der Waals surface area contributed by atoms with E-state index in [0.29, 0.717) is 17.8 Å². The Bertz CT molecular complexity index is 750. The first-order valence-electron chi connectivity index (χ1n) is 7.32. The van der Waals surface area contributed by atoms with Gasteiger partial charge in [-0.3, -0.25) is 0 Å². The van der Waals surface area contributed by atoms with E-state index in [9.17, 15) is 8.78 Å². The van der Waals surface area contributed by atoms with Crippen LogP contribution < -0.4 is 16.4 Å². The molecule has 126 valence electrons. The molecule has 1 aliphatic rings. The lowest BCUT2D eigenvalue weighted by Gasteiger charge is -2.22. The molecule has 1 aliphatic heterocycles. The van der Waals surface area contributed by atoms with Crippen LogP contribution in [0.5, 0.6) is 0 Å². The monoisotopic (exact) mass is 350 g/mol. The molecule has 1 aromatic rings. The van der Waals surface area contributed by atoms with Crippen molar-refractivity contribution in [1.82, 2.24) is 10.6 Å². The van der Waals surface area contributed by atoms with Gasteiger partial charge in [-0.2, -0.15) is 5.26 Å². The third-order valence-corrected chi connectivity index (χ3v) is 3.81. The first kappa shape index (κ1) is 18.0. The summed E-state index contributed by atoms with van der Waals surface area (Å²) >= 11 is 5.78. The van der Waals surface area contributed by atoms with Crippen molar-refractivity contribution in [3.8, 4) is 6.19 Å². The second kappa shape index (κ2) is 7.95. The van der Waals surface area contributed by atoms with Crippen LogP contribution in [0.2, 0.25) is 5.02 Å². The fourth-order valence-corrected chi connectivity index (χ4v) is 2.48. The van der Waals surface area contributed by atoms with Gasteiger partial charge < -0.3 is 16.4 Å². The number of hydrogen-bond donors (Lipinski definition) is 3. The van der Waals surface area contributed by atoms with Crippen LogP contribution in [0.3, 0.4) is 0 Å². The van der Waals surface area contributed by atoms with E-state index < -0.39 is 17.7 Å². The predicted octanol–water partition coefficient (Wildman–Crippen LogP) is 2.83. The molecule has 0 saturated carbocycles. The topological polar surface area (TPSA) is 73.9 Å². The van der Waals surface area contributed by atoms with Gasteiger partial charge in [0.1, 0.15) is 11.6 Å². The molecular weight excluding hydrogens is 334 g/mol. The minimum absolute atomic E-state index is 0.160. The highest BCUT2D eigenvalue weighted by Crippen LogP contribution is 2.28. The van der Waals surface area contributed by atoms with Crippen molar-refractivity contribution in [2.45, 2.75) is 19.0 Å². The number of nitriles is 1. The molecule has 7 heteroatoms. The first-order chi connectivity index (χ1) is 11.4. The molecule has 1 aromatic carbocycles. The molecule has 0 aromatic heterocycles. The second-order valence-electron chi connectivity index (χ2n) is 5.32. The Morgan fingerprint density at radius 2 is 2.12 bits per heavy atom. The minimum atomic E-state index is -0.813. The molecule has 0 bridgehead atoms. The summed E-state index contributed by atoms with van der Waals surface area (Å²) in [6, 6.07) is 1.28. The molecule has 0 spiro atoms. The molecule has 4 nitrogen and oxygen atoms in total. The van der Waals surface area contributed by atoms with Crippen molar-refractivity contribution in [2.24, 2.45) is 5.73 Å². The second-order valence-corrected chi connectivity index (χ2v) is 5.72. The Balaban J connectivity index is 2.40. The summed E-state index contributed by atoms with van der Waals surface area (Å²) in [6.07, 6.45) is 8.95. The number of nitrogens with zero attached hydrogens (tertiary/aromatic N) is 1. The Labute approximate surface area is 144 Å². The maximum atomic E-state index is 14.2. The maximum Gasteiger partial charge on any atom is 0.177 e. The smallest absolute Gasteiger partial charge is 0.177 e. The molecule has 0 aliphatic carbocycles. The Hall–Kier alpha value is -2.36. The van der Waals surface area contributed by atoms with E-state index in [1.54, 1.807) is 25.2 Å². The van der Waals surface area contributed by atoms with E-state index in [2.05, 4.69) is 10.6 Å². The zero-order valence-electron chi connectivity index (χ0n) is 13.0. The summed E-state index contributed by atoms with van der Waals surface area (Å²) in [4.78, 5) is 0. The van der Waals surface area contributed by atoms with Crippen molar-refractivity contribution in [1.29, 1.82) is 5.26 Å². The molecule has 24 heavy (non-hydrogen) atoms. The van der Waals surface area contributed by atoms with Crippen LogP contribution in [0.1, 0.15) is 12.5 Å². The molecule has 2 unspecified atom stereocenters. The number of nitrogens with one attached hydrogen (secondary N) is 2. The number of nitrogens with two attached hydrogens (primary N) is 1. The van der Waals surface area contributed by atoms with Crippen LogP contribution in [0.4, 0.5) is 8.78 Å². The van der Waals surface area contributed by atoms with Gasteiger partial charge in [0, 0.05) is 23.9 Å². The van der Waals surface area contributed by atoms with E-state index in [0.717, 1.165) is 6.07 Å². The zero-order chi connectivity index (χ0) is 17.7. The summed E-state index contributed by atoms with van der Waals surface area (Å²) in [5, 5.41) is 14.0. The Morgan fingerprint density at radius 3 is 2.83 bits per heavy atom. The fourth-order valence-electron chi connectivity index (χ4n) is 2.31. The third kappa shape index (κ3) is 4.13. The molecule has 0 radical (unpaired) electrons. The quantitative estimate of drug-likeness (QED) is 0.330. The molecule has 1 heterocycles. The van der Waals surface area contributed by atoms with Crippen molar-refractivity contribution in [2.75, 3.05) is 6.54 Å². The van der Waals surface area contributed by atoms with E-state index in [1.807, 2.05) is 12.3 Å². The average Bonchev–Trinajstić information content (AvgIpc) is 2.56. The van der Waals surface area contributed by atoms with Crippen LogP contribution in [0, 0.1) is 23.1 Å². The zero-order valence-corrected chi connectivity index (χ0v) is 13.7. The van der Waals surface area contributed by atoms with Gasteiger partial charge in [-0.25, -0.2) is 8.78 Å². The van der Waals surface area contributed by atoms with Gasteiger partial charge in [0.05, 0.1) is 17.1 Å². The van der Waals surface area contributed by atoms with Gasteiger partial charge in [-0.1, -0.05) is 35.9 Å². The lowest BCUT2D eigenvalue weighted by Crippen LogP contribution is -2.28. The summed E-state index contributed by atoms with van der Waals surface area (Å²) in [5.41, 5.74) is 7.43. The van der Waals surface area contributed by atoms with Gasteiger partial charge in [-0.05, 0) is 18.6 Å². The predicted molar refractivity (Wildman–Crippen MR) is 90.8 cm³/mol. The van der Waals surface area contributed by atoms with Gasteiger partial charge in [-0.15, -0.1) is 0 Å². The molecule has 4 N–H and O–H groups in total. The van der Waals surface area contributed by atoms with Crippen molar-refractivity contribution in [3.05, 3.63) is 64.2 Å². The molecule has 2 rings (SSSR count). The van der Waals surface area contributed by atoms with Crippen LogP contribution in [0.15, 0.2) is 42.0 Å². The SMILES string of the molecule is CC(/C=C\C(N)C1=C(c2cc(Cl)c(F)cc2F)NCC=C1)NC#N. The Morgan fingerprint density at radius 1 is 1.38 bits per heavy atom. The van der Waals surface area contributed by atoms with Crippen LogP contribution in [-0.4, -0.2) is 18.6 Å². The molecule has 2 atom stereocenters. The normalized spacial score (nSPS) is 16.7. The molecule has 0 amide bonds. The van der Waals surface area contributed by atoms with Gasteiger partial charge in [0.25, 0.3) is 0 Å². The summed E-state index contributed by atoms with van der Waals surface area (Å²) < 4.78 is 27.5. The van der Waals surface area contributed by atoms with Crippen LogP contribution in [-0.2, 0) is 0 Å². The highest BCUT2D eigenvalue weighted by atomic mass is 35.5. The van der Waals surface area contributed by atoms with E-state index in [4.69, 9.17) is 22.6 Å². The highest BCUT2D eigenvalue weighted by molar-refractivity contribution is 6.30. The highest BCUT2D eigenvalue weighted by Gasteiger charge is 2.19. The fraction of sp³-hybridized carbons (Fsp3) is 0.235. The van der Waals surface area contributed by atoms with E-state index >= 15 is 0 Å². The van der Waals surface area contributed by atoms with Gasteiger partial charge >= 0.3 is 0 Å². The lowest BCUT2D eigenvalue weighted by molar-refractivity contribution is 0.580. The molecule has 0 fully saturated rings. The summed E-state index contributed by atoms with van der Waals surface area (Å²) in [6.45, 7) is 2.30. The largest absolute Gasteiger partial charge is 0.381 e. The van der Waals surface area contributed by atoms with Crippen LogP contribution in [0.25, 0.3) is 5.70 Å². The maximum absolute atomic E-state index is 14.2. The van der Waals surface area contributed by atoms with E-state index in [-0.39, 0.29) is 16.6 Å². The molecular formula is C17H17ClF2N4. The van der Waals surface area contributed by atoms with Crippen molar-refractivity contribution < 1.29 is 8.78 Å². The number of benzene rings is 1. The van der Waals surface area contributed by atoms with Crippen molar-refractivity contribution in [3.63, 3.8) is 0 Å². The van der Waals surface area contributed by atoms with Crippen LogP contribution >= 0.6 is 11.6 Å². The lowest BCUT2D eigenvalue weighted by atomic mass is 9.96. The summed E-state index contributed by atoms with van der Waals surface area (Å²) in [7, 11) is 0. The standard InChI is InChI=1S/C17H17ClF2N4/c1-10(24-9-21)4-5-16(22)11-3-2-6-23-17(11)12-7-13(18)15(20)8-14(12)19/h2-5,7-8,10,16,23-24H,6,22H2,1H3/b5-4-. The number of dihydropyridines is 1. The minimum Gasteiger partial charge on any atom is -0.381 e. The average molecular weight is 351 g/mol. The van der Waals surface area contributed by atoms with Crippen molar-refractivity contribution >= 4 is 17.3 Å². The third-order valence-electron chi connectivity index (χ3n) is 3.52. The van der Waals surface area contributed by atoms with E-state index in [1.165, 1.54) is 6.07 Å². The van der Waals surface area contributed by atoms with Gasteiger partial charge in [0.2, 0.25) is 0 Å². The summed E-state index contributed by atoms with van der Waals surface area (Å²) in [5.74, 6) is -1.53. The number of rotatable bonds is 5. The number of hydrogen-bond acceptors (Lipinski definition) is 4. The van der Waals surface area contributed by atoms with Gasteiger partial charge in [0.15, 0.2) is 6.19 Å².